The van der Waals surface area contributed by atoms with Crippen LogP contribution >= 0.6 is 11.6 Å². The molecule has 0 fully saturated rings. The largest absolute Gasteiger partial charge is 0.339 e. The zero-order valence-corrected chi connectivity index (χ0v) is 9.46. The lowest BCUT2D eigenvalue weighted by Gasteiger charge is -1.99. The lowest BCUT2D eigenvalue weighted by Crippen LogP contribution is -1.89. The van der Waals surface area contributed by atoms with Crippen molar-refractivity contribution in [2.24, 2.45) is 0 Å². The van der Waals surface area contributed by atoms with E-state index in [1.165, 1.54) is 12.1 Å². The number of nitrogens with zero attached hydrogens (tertiary/aromatic N) is 2. The number of hydrogen-bond donors (Lipinski definition) is 0. The van der Waals surface area contributed by atoms with E-state index in [0.29, 0.717) is 29.6 Å². The van der Waals surface area contributed by atoms with E-state index in [2.05, 4.69) is 10.1 Å². The zero-order chi connectivity index (χ0) is 11.5. The SMILES string of the molecule is Cc1ccc(F)cc1-c1noc(CCCl)n1. The van der Waals surface area contributed by atoms with Gasteiger partial charge in [0.15, 0.2) is 0 Å². The second-order valence-electron chi connectivity index (χ2n) is 3.41. The molecule has 0 aliphatic heterocycles. The van der Waals surface area contributed by atoms with E-state index < -0.39 is 0 Å². The van der Waals surface area contributed by atoms with Crippen molar-refractivity contribution in [2.45, 2.75) is 13.3 Å². The molecule has 3 nitrogen and oxygen atoms in total. The Morgan fingerprint density at radius 3 is 3.00 bits per heavy atom. The van der Waals surface area contributed by atoms with Gasteiger partial charge in [0.2, 0.25) is 11.7 Å². The molecule has 1 heterocycles. The van der Waals surface area contributed by atoms with Crippen molar-refractivity contribution in [3.05, 3.63) is 35.5 Å². The number of benzene rings is 1. The molecule has 0 saturated carbocycles. The van der Waals surface area contributed by atoms with Crippen molar-refractivity contribution in [3.63, 3.8) is 0 Å². The summed E-state index contributed by atoms with van der Waals surface area (Å²) in [6.45, 7) is 1.87. The third kappa shape index (κ3) is 2.22. The molecule has 1 aromatic carbocycles. The summed E-state index contributed by atoms with van der Waals surface area (Å²) in [5.74, 6) is 0.971. The lowest BCUT2D eigenvalue weighted by molar-refractivity contribution is 0.383. The van der Waals surface area contributed by atoms with Crippen molar-refractivity contribution in [3.8, 4) is 11.4 Å². The Morgan fingerprint density at radius 1 is 1.44 bits per heavy atom. The molecule has 0 saturated heterocycles. The van der Waals surface area contributed by atoms with E-state index in [1.54, 1.807) is 6.07 Å². The molecule has 2 aromatic rings. The van der Waals surface area contributed by atoms with Crippen molar-refractivity contribution in [1.82, 2.24) is 10.1 Å². The van der Waals surface area contributed by atoms with Crippen molar-refractivity contribution in [1.29, 1.82) is 0 Å². The fourth-order valence-corrected chi connectivity index (χ4v) is 1.54. The molecule has 0 atom stereocenters. The Labute approximate surface area is 97.2 Å². The molecule has 0 unspecified atom stereocenters. The van der Waals surface area contributed by atoms with Gasteiger partial charge in [-0.3, -0.25) is 0 Å². The number of halogens is 2. The third-order valence-corrected chi connectivity index (χ3v) is 2.41. The van der Waals surface area contributed by atoms with Crippen LogP contribution in [0.3, 0.4) is 0 Å². The van der Waals surface area contributed by atoms with Crippen molar-refractivity contribution < 1.29 is 8.91 Å². The minimum Gasteiger partial charge on any atom is -0.339 e. The van der Waals surface area contributed by atoms with Crippen LogP contribution in [0, 0.1) is 12.7 Å². The molecule has 0 radical (unpaired) electrons. The van der Waals surface area contributed by atoms with Crippen molar-refractivity contribution in [2.75, 3.05) is 5.88 Å². The van der Waals surface area contributed by atoms with Crippen LogP contribution in [0.4, 0.5) is 4.39 Å². The van der Waals surface area contributed by atoms with Crippen LogP contribution in [0.15, 0.2) is 22.7 Å². The van der Waals surface area contributed by atoms with Crippen molar-refractivity contribution >= 4 is 11.6 Å². The van der Waals surface area contributed by atoms with Crippen LogP contribution < -0.4 is 0 Å². The van der Waals surface area contributed by atoms with E-state index >= 15 is 0 Å². The summed E-state index contributed by atoms with van der Waals surface area (Å²) in [4.78, 5) is 4.14. The summed E-state index contributed by atoms with van der Waals surface area (Å²) in [5.41, 5.74) is 1.55. The van der Waals surface area contributed by atoms with Gasteiger partial charge in [-0.05, 0) is 24.6 Å². The highest BCUT2D eigenvalue weighted by Crippen LogP contribution is 2.21. The monoisotopic (exact) mass is 240 g/mol. The Bertz CT molecular complexity index is 498. The highest BCUT2D eigenvalue weighted by Gasteiger charge is 2.11. The van der Waals surface area contributed by atoms with Crippen LogP contribution in [0.5, 0.6) is 0 Å². The maximum Gasteiger partial charge on any atom is 0.228 e. The zero-order valence-electron chi connectivity index (χ0n) is 8.70. The van der Waals surface area contributed by atoms with E-state index in [0.717, 1.165) is 5.56 Å². The minimum atomic E-state index is -0.315. The summed E-state index contributed by atoms with van der Waals surface area (Å²) in [6, 6.07) is 4.48. The number of alkyl halides is 1. The normalized spacial score (nSPS) is 10.7. The standard InChI is InChI=1S/C11H10ClFN2O/c1-7-2-3-8(13)6-9(7)11-14-10(4-5-12)16-15-11/h2-3,6H,4-5H2,1H3. The fourth-order valence-electron chi connectivity index (χ4n) is 1.38. The molecule has 0 amide bonds. The first-order valence-electron chi connectivity index (χ1n) is 4.86. The van der Waals surface area contributed by atoms with Crippen LogP contribution in [-0.4, -0.2) is 16.0 Å². The fraction of sp³-hybridized carbons (Fsp3) is 0.273. The molecule has 0 spiro atoms. The summed E-state index contributed by atoms with van der Waals surface area (Å²) in [6.07, 6.45) is 0.517. The van der Waals surface area contributed by atoms with Gasteiger partial charge in [-0.1, -0.05) is 11.2 Å². The lowest BCUT2D eigenvalue weighted by atomic mass is 10.1. The second-order valence-corrected chi connectivity index (χ2v) is 3.79. The minimum absolute atomic E-state index is 0.315. The molecule has 5 heteroatoms. The molecule has 0 aliphatic carbocycles. The molecular formula is C11H10ClFN2O. The van der Waals surface area contributed by atoms with Gasteiger partial charge in [-0.15, -0.1) is 11.6 Å². The predicted octanol–water partition coefficient (Wildman–Crippen LogP) is 2.97. The molecule has 84 valence electrons. The third-order valence-electron chi connectivity index (χ3n) is 2.22. The molecule has 0 bridgehead atoms. The van der Waals surface area contributed by atoms with Gasteiger partial charge in [-0.2, -0.15) is 4.98 Å². The maximum atomic E-state index is 13.1. The Morgan fingerprint density at radius 2 is 2.25 bits per heavy atom. The Kier molecular flexibility index (Phi) is 3.19. The Balaban J connectivity index is 2.38. The molecule has 1 aromatic heterocycles. The van der Waals surface area contributed by atoms with Gasteiger partial charge in [0, 0.05) is 17.9 Å². The van der Waals surface area contributed by atoms with Gasteiger partial charge in [-0.25, -0.2) is 4.39 Å². The predicted molar refractivity (Wildman–Crippen MR) is 58.9 cm³/mol. The van der Waals surface area contributed by atoms with Gasteiger partial charge in [0.1, 0.15) is 5.82 Å². The number of aryl methyl sites for hydroxylation is 2. The smallest absolute Gasteiger partial charge is 0.228 e. The first-order chi connectivity index (χ1) is 7.70. The highest BCUT2D eigenvalue weighted by molar-refractivity contribution is 6.17. The topological polar surface area (TPSA) is 38.9 Å². The van der Waals surface area contributed by atoms with Crippen LogP contribution in [-0.2, 0) is 6.42 Å². The maximum absolute atomic E-state index is 13.1. The average molecular weight is 241 g/mol. The molecule has 2 rings (SSSR count). The highest BCUT2D eigenvalue weighted by atomic mass is 35.5. The molecular weight excluding hydrogens is 231 g/mol. The number of aromatic nitrogens is 2. The first kappa shape index (κ1) is 11.1. The molecule has 0 aliphatic rings. The summed E-state index contributed by atoms with van der Waals surface area (Å²) >= 11 is 5.56. The average Bonchev–Trinajstić information content (AvgIpc) is 2.71. The number of rotatable bonds is 3. The summed E-state index contributed by atoms with van der Waals surface area (Å²) in [7, 11) is 0. The van der Waals surface area contributed by atoms with Crippen LogP contribution in [0.1, 0.15) is 11.5 Å². The van der Waals surface area contributed by atoms with E-state index in [-0.39, 0.29) is 5.82 Å². The molecule has 16 heavy (non-hydrogen) atoms. The Hall–Kier alpha value is -1.42. The van der Waals surface area contributed by atoms with E-state index in [9.17, 15) is 4.39 Å². The number of hydrogen-bond acceptors (Lipinski definition) is 3. The van der Waals surface area contributed by atoms with Gasteiger partial charge >= 0.3 is 0 Å². The summed E-state index contributed by atoms with van der Waals surface area (Å²) < 4.78 is 18.1. The van der Waals surface area contributed by atoms with Gasteiger partial charge in [0.25, 0.3) is 0 Å². The van der Waals surface area contributed by atoms with Crippen LogP contribution in [0.2, 0.25) is 0 Å². The van der Waals surface area contributed by atoms with E-state index in [1.807, 2.05) is 6.92 Å². The summed E-state index contributed by atoms with van der Waals surface area (Å²) in [5, 5.41) is 3.80. The van der Waals surface area contributed by atoms with Gasteiger partial charge < -0.3 is 4.52 Å². The second kappa shape index (κ2) is 4.61. The van der Waals surface area contributed by atoms with Gasteiger partial charge in [0.05, 0.1) is 0 Å². The first-order valence-corrected chi connectivity index (χ1v) is 5.39. The molecule has 0 N–H and O–H groups in total. The van der Waals surface area contributed by atoms with Crippen LogP contribution in [0.25, 0.3) is 11.4 Å². The quantitative estimate of drug-likeness (QED) is 0.775. The van der Waals surface area contributed by atoms with E-state index in [4.69, 9.17) is 16.1 Å².